The molecule has 0 fully saturated rings. The van der Waals surface area contributed by atoms with E-state index < -0.39 is 0 Å². The number of hydrogen-bond donors (Lipinski definition) is 1. The fourth-order valence-electron chi connectivity index (χ4n) is 1.17. The number of rotatable bonds is 1. The summed E-state index contributed by atoms with van der Waals surface area (Å²) in [6.45, 7) is 0.700. The van der Waals surface area contributed by atoms with Crippen molar-refractivity contribution >= 4 is 0 Å². The van der Waals surface area contributed by atoms with E-state index in [1.54, 1.807) is 6.20 Å². The van der Waals surface area contributed by atoms with Crippen molar-refractivity contribution in [2.24, 2.45) is 0 Å². The summed E-state index contributed by atoms with van der Waals surface area (Å²) in [5, 5.41) is 0. The summed E-state index contributed by atoms with van der Waals surface area (Å²) in [4.78, 5) is 7.16. The zero-order valence-corrected chi connectivity index (χ0v) is 6.16. The van der Waals surface area contributed by atoms with Crippen molar-refractivity contribution in [2.75, 3.05) is 6.61 Å². The van der Waals surface area contributed by atoms with E-state index in [2.05, 4.69) is 16.0 Å². The van der Waals surface area contributed by atoms with Gasteiger partial charge in [0.15, 0.2) is 0 Å². The second-order valence-electron chi connectivity index (χ2n) is 2.50. The van der Waals surface area contributed by atoms with Gasteiger partial charge in [-0.15, -0.1) is 0 Å². The van der Waals surface area contributed by atoms with E-state index in [0.29, 0.717) is 6.61 Å². The van der Waals surface area contributed by atoms with Crippen LogP contribution in [0, 0.1) is 0 Å². The molecule has 3 heteroatoms. The molecule has 0 spiro atoms. The first-order valence-electron chi connectivity index (χ1n) is 3.72. The molecule has 1 aromatic rings. The predicted molar refractivity (Wildman–Crippen MR) is 41.0 cm³/mol. The molecule has 1 atom stereocenters. The van der Waals surface area contributed by atoms with Crippen LogP contribution in [-0.2, 0) is 4.74 Å². The maximum absolute atomic E-state index is 5.44. The molecule has 11 heavy (non-hydrogen) atoms. The van der Waals surface area contributed by atoms with Gasteiger partial charge in [-0.3, -0.25) is 0 Å². The first-order chi connectivity index (χ1) is 5.47. The lowest BCUT2D eigenvalue weighted by molar-refractivity contribution is 0.0618. The molecule has 0 bridgehead atoms. The number of nitrogens with zero attached hydrogens (tertiary/aromatic N) is 1. The van der Waals surface area contributed by atoms with Crippen LogP contribution in [0.25, 0.3) is 0 Å². The largest absolute Gasteiger partial charge is 0.366 e. The van der Waals surface area contributed by atoms with Gasteiger partial charge in [0.05, 0.1) is 6.61 Å². The van der Waals surface area contributed by atoms with Crippen molar-refractivity contribution in [1.29, 1.82) is 0 Å². The van der Waals surface area contributed by atoms with E-state index in [9.17, 15) is 0 Å². The van der Waals surface area contributed by atoms with Gasteiger partial charge < -0.3 is 9.72 Å². The van der Waals surface area contributed by atoms with Crippen LogP contribution in [0.4, 0.5) is 0 Å². The van der Waals surface area contributed by atoms with Crippen LogP contribution in [0.2, 0.25) is 0 Å². The molecule has 0 saturated heterocycles. The average Bonchev–Trinajstić information content (AvgIpc) is 2.58. The number of hydrogen-bond acceptors (Lipinski definition) is 2. The summed E-state index contributed by atoms with van der Waals surface area (Å²) in [6.07, 6.45) is 8.77. The zero-order chi connectivity index (χ0) is 7.52. The first-order valence-corrected chi connectivity index (χ1v) is 3.72. The Balaban J connectivity index is 2.11. The number of aromatic nitrogens is 2. The third-order valence-electron chi connectivity index (χ3n) is 1.73. The maximum Gasteiger partial charge on any atom is 0.135 e. The van der Waals surface area contributed by atoms with Crippen LogP contribution in [-0.4, -0.2) is 16.6 Å². The Morgan fingerprint density at radius 1 is 1.55 bits per heavy atom. The third kappa shape index (κ3) is 1.33. The van der Waals surface area contributed by atoms with Crippen molar-refractivity contribution < 1.29 is 4.74 Å². The molecule has 2 heterocycles. The monoisotopic (exact) mass is 150 g/mol. The standard InChI is InChI=1S/C8H10N2O/c1-2-6-11-7(3-1)8-9-4-5-10-8/h1-2,4-5,7H,3,6H2,(H,9,10). The molecule has 0 radical (unpaired) electrons. The summed E-state index contributed by atoms with van der Waals surface area (Å²) in [5.41, 5.74) is 0. The zero-order valence-electron chi connectivity index (χ0n) is 6.16. The first kappa shape index (κ1) is 6.61. The lowest BCUT2D eigenvalue weighted by Crippen LogP contribution is -2.08. The van der Waals surface area contributed by atoms with Crippen LogP contribution < -0.4 is 0 Å². The summed E-state index contributed by atoms with van der Waals surface area (Å²) in [6, 6.07) is 0. The Hall–Kier alpha value is -1.09. The number of aromatic amines is 1. The van der Waals surface area contributed by atoms with Gasteiger partial charge in [0.1, 0.15) is 11.9 Å². The van der Waals surface area contributed by atoms with Crippen molar-refractivity contribution in [2.45, 2.75) is 12.5 Å². The topological polar surface area (TPSA) is 37.9 Å². The van der Waals surface area contributed by atoms with Gasteiger partial charge >= 0.3 is 0 Å². The Morgan fingerprint density at radius 3 is 3.18 bits per heavy atom. The molecule has 58 valence electrons. The van der Waals surface area contributed by atoms with Crippen LogP contribution in [0.1, 0.15) is 18.3 Å². The lowest BCUT2D eigenvalue weighted by Gasteiger charge is -2.15. The molecule has 1 aliphatic rings. The number of ether oxygens (including phenoxy) is 1. The molecular weight excluding hydrogens is 140 g/mol. The smallest absolute Gasteiger partial charge is 0.135 e. The van der Waals surface area contributed by atoms with Crippen molar-refractivity contribution in [3.63, 3.8) is 0 Å². The predicted octanol–water partition coefficient (Wildman–Crippen LogP) is 1.43. The number of imidazole rings is 1. The number of nitrogens with one attached hydrogen (secondary N) is 1. The Labute approximate surface area is 65.1 Å². The minimum absolute atomic E-state index is 0.134. The molecule has 1 unspecified atom stereocenters. The van der Waals surface area contributed by atoms with Crippen LogP contribution in [0.15, 0.2) is 24.5 Å². The highest BCUT2D eigenvalue weighted by molar-refractivity contribution is 4.99. The van der Waals surface area contributed by atoms with Crippen LogP contribution >= 0.6 is 0 Å². The summed E-state index contributed by atoms with van der Waals surface area (Å²) < 4.78 is 5.44. The fourth-order valence-corrected chi connectivity index (χ4v) is 1.17. The van der Waals surface area contributed by atoms with Crippen LogP contribution in [0.3, 0.4) is 0 Å². The minimum atomic E-state index is 0.134. The van der Waals surface area contributed by atoms with Gasteiger partial charge in [-0.1, -0.05) is 12.2 Å². The summed E-state index contributed by atoms with van der Waals surface area (Å²) in [5.74, 6) is 0.925. The average molecular weight is 150 g/mol. The highest BCUT2D eigenvalue weighted by Gasteiger charge is 2.13. The van der Waals surface area contributed by atoms with E-state index in [0.717, 1.165) is 12.2 Å². The maximum atomic E-state index is 5.44. The molecule has 1 N–H and O–H groups in total. The van der Waals surface area contributed by atoms with E-state index in [1.807, 2.05) is 12.3 Å². The second-order valence-corrected chi connectivity index (χ2v) is 2.50. The lowest BCUT2D eigenvalue weighted by atomic mass is 10.2. The molecule has 2 rings (SSSR count). The SMILES string of the molecule is C1=CCC(c2ncc[nH]2)OC1. The normalized spacial score (nSPS) is 23.8. The van der Waals surface area contributed by atoms with E-state index in [-0.39, 0.29) is 6.10 Å². The summed E-state index contributed by atoms with van der Waals surface area (Å²) in [7, 11) is 0. The van der Waals surface area contributed by atoms with Gasteiger partial charge in [-0.2, -0.15) is 0 Å². The quantitative estimate of drug-likeness (QED) is 0.615. The highest BCUT2D eigenvalue weighted by atomic mass is 16.5. The molecule has 1 aromatic heterocycles. The van der Waals surface area contributed by atoms with E-state index >= 15 is 0 Å². The summed E-state index contributed by atoms with van der Waals surface area (Å²) >= 11 is 0. The molecule has 0 saturated carbocycles. The van der Waals surface area contributed by atoms with Crippen LogP contribution in [0.5, 0.6) is 0 Å². The molecule has 0 aliphatic carbocycles. The second kappa shape index (κ2) is 2.88. The Kier molecular flexibility index (Phi) is 1.73. The molecule has 3 nitrogen and oxygen atoms in total. The van der Waals surface area contributed by atoms with Crippen molar-refractivity contribution in [3.8, 4) is 0 Å². The third-order valence-corrected chi connectivity index (χ3v) is 1.73. The van der Waals surface area contributed by atoms with E-state index in [4.69, 9.17) is 4.74 Å². The minimum Gasteiger partial charge on any atom is -0.366 e. The van der Waals surface area contributed by atoms with Crippen molar-refractivity contribution in [3.05, 3.63) is 30.4 Å². The van der Waals surface area contributed by atoms with Gasteiger partial charge in [0.25, 0.3) is 0 Å². The fraction of sp³-hybridized carbons (Fsp3) is 0.375. The van der Waals surface area contributed by atoms with Gasteiger partial charge in [0.2, 0.25) is 0 Å². The van der Waals surface area contributed by atoms with E-state index in [1.165, 1.54) is 0 Å². The highest BCUT2D eigenvalue weighted by Crippen LogP contribution is 2.20. The number of H-pyrrole nitrogens is 1. The van der Waals surface area contributed by atoms with Gasteiger partial charge in [0, 0.05) is 12.4 Å². The molecule has 1 aliphatic heterocycles. The van der Waals surface area contributed by atoms with Gasteiger partial charge in [-0.05, 0) is 6.42 Å². The molecule has 0 aromatic carbocycles. The molecular formula is C8H10N2O. The Bertz CT molecular complexity index is 241. The van der Waals surface area contributed by atoms with Gasteiger partial charge in [-0.25, -0.2) is 4.98 Å². The van der Waals surface area contributed by atoms with Crippen molar-refractivity contribution in [1.82, 2.24) is 9.97 Å². The molecule has 0 amide bonds. The Morgan fingerprint density at radius 2 is 2.55 bits per heavy atom.